The third kappa shape index (κ3) is 3.58. The highest BCUT2D eigenvalue weighted by Crippen LogP contribution is 2.37. The first-order valence-corrected chi connectivity index (χ1v) is 8.35. The molecule has 0 aliphatic carbocycles. The molecule has 0 spiro atoms. The Labute approximate surface area is 162 Å². The van der Waals surface area contributed by atoms with E-state index in [0.717, 1.165) is 5.56 Å². The average Bonchev–Trinajstić information content (AvgIpc) is 2.81. The minimum absolute atomic E-state index is 0.0742. The van der Waals surface area contributed by atoms with Gasteiger partial charge in [0.25, 0.3) is 0 Å². The summed E-state index contributed by atoms with van der Waals surface area (Å²) in [6, 6.07) is 18.6. The second-order valence-electron chi connectivity index (χ2n) is 5.93. The molecule has 1 nitrogen and oxygen atoms in total. The topological polar surface area (TPSA) is 12.0 Å². The number of hydrogen-bond donors (Lipinski definition) is 1. The van der Waals surface area contributed by atoms with Crippen molar-refractivity contribution < 1.29 is 14.3 Å². The van der Waals surface area contributed by atoms with Crippen LogP contribution in [0.25, 0.3) is 22.3 Å². The van der Waals surface area contributed by atoms with Gasteiger partial charge in [-0.1, -0.05) is 72.7 Å². The first kappa shape index (κ1) is 12.8. The third-order valence-electron chi connectivity index (χ3n) is 4.17. The van der Waals surface area contributed by atoms with Gasteiger partial charge >= 0.3 is 0 Å². The zero-order chi connectivity index (χ0) is 22.1. The summed E-state index contributed by atoms with van der Waals surface area (Å²) in [6.07, 6.45) is 0. The number of para-hydroxylation sites is 1. The normalized spacial score (nSPS) is 12.7. The summed E-state index contributed by atoms with van der Waals surface area (Å²) in [5, 5.41) is 2.60. The summed E-state index contributed by atoms with van der Waals surface area (Å²) in [4.78, 5) is 0. The maximum absolute atomic E-state index is 15.3. The predicted octanol–water partition coefficient (Wildman–Crippen LogP) is 7.04. The monoisotopic (exact) mass is 361 g/mol. The van der Waals surface area contributed by atoms with Gasteiger partial charge in [-0.3, -0.25) is 0 Å². The lowest BCUT2D eigenvalue weighted by atomic mass is 9.96. The maximum Gasteiger partial charge on any atom is 0.147 e. The minimum Gasteiger partial charge on any atom is -0.350 e. The van der Waals surface area contributed by atoms with Crippen LogP contribution in [0.15, 0.2) is 97.0 Å². The highest BCUT2D eigenvalue weighted by atomic mass is 19.1. The van der Waals surface area contributed by atoms with Crippen LogP contribution >= 0.6 is 0 Å². The number of hydrogen-bond acceptors (Lipinski definition) is 1. The Morgan fingerprint density at radius 3 is 2.00 bits per heavy atom. The molecule has 0 saturated heterocycles. The van der Waals surface area contributed by atoms with Crippen LogP contribution in [0.3, 0.4) is 0 Å². The zero-order valence-electron chi connectivity index (χ0n) is 18.2. The summed E-state index contributed by atoms with van der Waals surface area (Å²) in [6.45, 7) is 0. The van der Waals surface area contributed by atoms with Crippen molar-refractivity contribution in [2.24, 2.45) is 0 Å². The first-order chi connectivity index (χ1) is 14.9. The lowest BCUT2D eigenvalue weighted by Gasteiger charge is -2.16. The highest BCUT2D eigenvalue weighted by molar-refractivity contribution is 5.85. The quantitative estimate of drug-likeness (QED) is 0.411. The fourth-order valence-corrected chi connectivity index (χ4v) is 2.88. The number of rotatable bonds is 4. The highest BCUT2D eigenvalue weighted by Gasteiger charge is 2.15. The smallest absolute Gasteiger partial charge is 0.147 e. The second-order valence-corrected chi connectivity index (χ2v) is 5.93. The molecule has 0 aliphatic heterocycles. The van der Waals surface area contributed by atoms with Gasteiger partial charge in [0.1, 0.15) is 11.6 Å². The van der Waals surface area contributed by atoms with Crippen molar-refractivity contribution in [1.29, 1.82) is 0 Å². The Bertz CT molecular complexity index is 1230. The van der Waals surface area contributed by atoms with Crippen molar-refractivity contribution in [3.63, 3.8) is 0 Å². The molecule has 3 heteroatoms. The van der Waals surface area contributed by atoms with Crippen molar-refractivity contribution in [2.45, 2.75) is 0 Å². The molecule has 0 amide bonds. The molecule has 0 aliphatic rings. The van der Waals surface area contributed by atoms with Crippen LogP contribution in [0, 0.1) is 11.6 Å². The van der Waals surface area contributed by atoms with Gasteiger partial charge in [0, 0.05) is 5.56 Å². The lowest BCUT2D eigenvalue weighted by Crippen LogP contribution is -2.00. The molecule has 0 radical (unpaired) electrons. The van der Waals surface area contributed by atoms with E-state index in [0.29, 0.717) is 16.7 Å². The molecule has 0 aromatic heterocycles. The van der Waals surface area contributed by atoms with Gasteiger partial charge < -0.3 is 5.32 Å². The molecule has 4 rings (SSSR count). The molecule has 0 atom stereocenters. The van der Waals surface area contributed by atoms with Gasteiger partial charge in [-0.15, -0.1) is 0 Å². The first-order valence-electron chi connectivity index (χ1n) is 10.4. The molecule has 0 bridgehead atoms. The van der Waals surface area contributed by atoms with E-state index in [1.807, 2.05) is 36.4 Å². The van der Waals surface area contributed by atoms with E-state index in [2.05, 4.69) is 5.32 Å². The van der Waals surface area contributed by atoms with Crippen LogP contribution in [0.5, 0.6) is 0 Å². The Hall–Kier alpha value is -3.46. The van der Waals surface area contributed by atoms with Crippen molar-refractivity contribution in [1.82, 2.24) is 0 Å². The van der Waals surface area contributed by atoms with Crippen LogP contribution in [-0.4, -0.2) is 0 Å². The number of anilines is 2. The Morgan fingerprint density at radius 2 is 1.30 bits per heavy atom. The van der Waals surface area contributed by atoms with Crippen LogP contribution in [0.2, 0.25) is 0 Å². The maximum atomic E-state index is 15.3. The van der Waals surface area contributed by atoms with Crippen LogP contribution in [0.1, 0.15) is 5.48 Å². The van der Waals surface area contributed by atoms with Gasteiger partial charge in [0.05, 0.1) is 16.9 Å². The van der Waals surface area contributed by atoms with Crippen molar-refractivity contribution >= 4 is 11.4 Å². The van der Waals surface area contributed by atoms with Gasteiger partial charge in [-0.25, -0.2) is 8.78 Å². The molecule has 0 saturated carbocycles. The molecule has 132 valence electrons. The molecule has 0 fully saturated rings. The second kappa shape index (κ2) is 7.42. The van der Waals surface area contributed by atoms with Crippen LogP contribution < -0.4 is 5.32 Å². The molecule has 27 heavy (non-hydrogen) atoms. The molecule has 4 aromatic carbocycles. The molecule has 4 aromatic rings. The van der Waals surface area contributed by atoms with E-state index in [9.17, 15) is 4.39 Å². The average molecular weight is 361 g/mol. The Morgan fingerprint density at radius 1 is 0.667 bits per heavy atom. The fraction of sp³-hybridized carbons (Fsp3) is 0. The lowest BCUT2D eigenvalue weighted by molar-refractivity contribution is 0.626. The van der Waals surface area contributed by atoms with E-state index in [4.69, 9.17) is 5.48 Å². The molecular formula is C24H17F2N. The van der Waals surface area contributed by atoms with E-state index >= 15 is 4.39 Å². The molecule has 1 N–H and O–H groups in total. The Balaban J connectivity index is 1.93. The Kier molecular flexibility index (Phi) is 3.52. The van der Waals surface area contributed by atoms with E-state index in [-0.39, 0.29) is 5.69 Å². The summed E-state index contributed by atoms with van der Waals surface area (Å²) < 4.78 is 61.2. The van der Waals surface area contributed by atoms with Gasteiger partial charge in [-0.2, -0.15) is 0 Å². The van der Waals surface area contributed by atoms with Crippen LogP contribution in [0.4, 0.5) is 20.2 Å². The van der Waals surface area contributed by atoms with Gasteiger partial charge in [0.2, 0.25) is 0 Å². The van der Waals surface area contributed by atoms with Crippen LogP contribution in [-0.2, 0) is 0 Å². The number of nitrogens with one attached hydrogen (secondary N) is 1. The van der Waals surface area contributed by atoms with E-state index in [1.165, 1.54) is 6.07 Å². The fourth-order valence-electron chi connectivity index (χ4n) is 2.88. The summed E-state index contributed by atoms with van der Waals surface area (Å²) in [5.41, 5.74) is 1.95. The van der Waals surface area contributed by atoms with Gasteiger partial charge in [-0.05, 0) is 40.9 Å². The predicted molar refractivity (Wildman–Crippen MR) is 107 cm³/mol. The number of benzene rings is 4. The number of halogens is 2. The molecule has 0 heterocycles. The van der Waals surface area contributed by atoms with E-state index < -0.39 is 41.5 Å². The van der Waals surface area contributed by atoms with Crippen molar-refractivity contribution in [2.75, 3.05) is 5.32 Å². The molecular weight excluding hydrogens is 340 g/mol. The largest absolute Gasteiger partial charge is 0.350 e. The minimum atomic E-state index is -1.17. The van der Waals surface area contributed by atoms with Crippen molar-refractivity contribution in [3.8, 4) is 22.3 Å². The van der Waals surface area contributed by atoms with Crippen molar-refractivity contribution in [3.05, 3.63) is 109 Å². The zero-order valence-corrected chi connectivity index (χ0v) is 14.2. The summed E-state index contributed by atoms with van der Waals surface area (Å²) in [5.74, 6) is -1.84. The van der Waals surface area contributed by atoms with E-state index in [1.54, 1.807) is 30.3 Å². The SMILES string of the molecule is [2H]c1c([2H])c([2H])c(Nc2c(F)cc(-c3ccccc3)cc2-c2ccccc2)c(F)c1[2H]. The van der Waals surface area contributed by atoms with Gasteiger partial charge in [0.15, 0.2) is 0 Å². The third-order valence-corrected chi connectivity index (χ3v) is 4.17. The standard InChI is InChI=1S/C24H17F2N/c25-21-13-7-8-14-23(21)27-24-20(18-11-5-2-6-12-18)15-19(16-22(24)26)17-9-3-1-4-10-17/h1-16,27H/i7D,8D,13D,14D. The summed E-state index contributed by atoms with van der Waals surface area (Å²) in [7, 11) is 0. The molecule has 0 unspecified atom stereocenters. The summed E-state index contributed by atoms with van der Waals surface area (Å²) >= 11 is 0.